The average molecular weight is 470 g/mol. The minimum Gasteiger partial charge on any atom is -0.465 e. The Morgan fingerprint density at radius 1 is 1.18 bits per heavy atom. The molecule has 5 N–H and O–H groups in total. The zero-order chi connectivity index (χ0) is 24.5. The van der Waals surface area contributed by atoms with E-state index in [4.69, 9.17) is 15.2 Å². The number of aryl methyl sites for hydroxylation is 1. The van der Waals surface area contributed by atoms with Gasteiger partial charge in [-0.3, -0.25) is 0 Å². The quantitative estimate of drug-likeness (QED) is 0.306. The summed E-state index contributed by atoms with van der Waals surface area (Å²) in [6, 6.07) is 9.21. The van der Waals surface area contributed by atoms with E-state index in [-0.39, 0.29) is 23.3 Å². The number of unbranched alkanes of at least 4 members (excludes halogenated alkanes) is 1. The highest BCUT2D eigenvalue weighted by molar-refractivity contribution is 6.01. The molecular weight excluding hydrogens is 434 g/mol. The van der Waals surface area contributed by atoms with Gasteiger partial charge in [0, 0.05) is 17.8 Å². The fourth-order valence-corrected chi connectivity index (χ4v) is 4.07. The minimum atomic E-state index is -0.571. The molecule has 1 heterocycles. The molecule has 34 heavy (non-hydrogen) atoms. The molecule has 1 aromatic carbocycles. The molecule has 3 rings (SSSR count). The summed E-state index contributed by atoms with van der Waals surface area (Å²) >= 11 is 0. The predicted octanol–water partition coefficient (Wildman–Crippen LogP) is 4.75. The summed E-state index contributed by atoms with van der Waals surface area (Å²) in [7, 11) is 1.31. The molecule has 0 unspecified atom stereocenters. The summed E-state index contributed by atoms with van der Waals surface area (Å²) in [5.41, 5.74) is 8.53. The number of hydrogen-bond acceptors (Lipinski definition) is 8. The summed E-state index contributed by atoms with van der Waals surface area (Å²) < 4.78 is 10.2. The third-order valence-corrected chi connectivity index (χ3v) is 5.85. The summed E-state index contributed by atoms with van der Waals surface area (Å²) in [4.78, 5) is 29.3. The highest BCUT2D eigenvalue weighted by atomic mass is 16.5. The van der Waals surface area contributed by atoms with Gasteiger partial charge >= 0.3 is 12.1 Å². The van der Waals surface area contributed by atoms with Crippen molar-refractivity contribution < 1.29 is 19.1 Å². The van der Waals surface area contributed by atoms with Crippen molar-refractivity contribution in [2.75, 3.05) is 30.1 Å². The van der Waals surface area contributed by atoms with E-state index in [1.807, 2.05) is 31.2 Å². The van der Waals surface area contributed by atoms with Crippen LogP contribution in [-0.4, -0.2) is 42.8 Å². The molecule has 1 aliphatic rings. The van der Waals surface area contributed by atoms with Gasteiger partial charge in [-0.25, -0.2) is 14.6 Å². The molecule has 9 heteroatoms. The molecule has 1 fully saturated rings. The van der Waals surface area contributed by atoms with Crippen molar-refractivity contribution in [2.45, 2.75) is 64.5 Å². The normalized spacial score (nSPS) is 17.5. The summed E-state index contributed by atoms with van der Waals surface area (Å²) in [6.45, 7) is 4.44. The van der Waals surface area contributed by atoms with Gasteiger partial charge in [0.15, 0.2) is 0 Å². The van der Waals surface area contributed by atoms with Gasteiger partial charge in [0.25, 0.3) is 0 Å². The van der Waals surface area contributed by atoms with Gasteiger partial charge in [-0.1, -0.05) is 38.3 Å². The molecule has 1 aliphatic carbocycles. The molecule has 2 atom stereocenters. The van der Waals surface area contributed by atoms with Gasteiger partial charge in [-0.15, -0.1) is 0 Å². The summed E-state index contributed by atoms with van der Waals surface area (Å²) in [5, 5.41) is 9.60. The van der Waals surface area contributed by atoms with Crippen LogP contribution in [0.3, 0.4) is 0 Å². The number of esters is 1. The summed E-state index contributed by atoms with van der Waals surface area (Å²) in [6.07, 6.45) is 5.16. The number of nitrogens with zero attached hydrogens (tertiary/aromatic N) is 1. The number of amides is 1. The molecule has 1 amide bonds. The topological polar surface area (TPSA) is 128 Å². The van der Waals surface area contributed by atoms with E-state index in [1.165, 1.54) is 7.11 Å². The monoisotopic (exact) mass is 469 g/mol. The number of aromatic nitrogens is 1. The van der Waals surface area contributed by atoms with Crippen LogP contribution in [0, 0.1) is 6.92 Å². The second-order valence-electron chi connectivity index (χ2n) is 8.58. The van der Waals surface area contributed by atoms with Crippen molar-refractivity contribution >= 4 is 35.1 Å². The number of anilines is 4. The fourth-order valence-electron chi connectivity index (χ4n) is 4.07. The number of pyridine rings is 1. The highest BCUT2D eigenvalue weighted by Gasteiger charge is 2.28. The van der Waals surface area contributed by atoms with Gasteiger partial charge in [-0.2, -0.15) is 0 Å². The van der Waals surface area contributed by atoms with Gasteiger partial charge in [-0.05, 0) is 43.9 Å². The Balaban J connectivity index is 1.81. The van der Waals surface area contributed by atoms with Crippen molar-refractivity contribution in [1.82, 2.24) is 10.3 Å². The van der Waals surface area contributed by atoms with Gasteiger partial charge < -0.3 is 31.2 Å². The third-order valence-electron chi connectivity index (χ3n) is 5.85. The largest absolute Gasteiger partial charge is 0.465 e. The van der Waals surface area contributed by atoms with E-state index >= 15 is 0 Å². The SMILES string of the molecule is CCCCOC(=O)N[C@H]1CCCC[C@H]1Nc1cc(N)c(C(=O)OC)c(Nc2cccc(C)c2)n1. The van der Waals surface area contributed by atoms with Gasteiger partial charge in [0.1, 0.15) is 17.2 Å². The molecule has 1 saturated carbocycles. The number of nitrogens with one attached hydrogen (secondary N) is 3. The standard InChI is InChI=1S/C25H35N5O4/c1-4-5-13-34-25(32)29-20-12-7-6-11-19(20)28-21-15-18(26)22(24(31)33-3)23(30-21)27-17-10-8-9-16(2)14-17/h8-10,14-15,19-20H,4-7,11-13H2,1-3H3,(H,29,32)(H4,26,27,28,30)/t19-,20+/m1/s1. The number of nitrogen functional groups attached to an aromatic ring is 1. The number of rotatable bonds is 9. The third kappa shape index (κ3) is 6.76. The zero-order valence-corrected chi connectivity index (χ0v) is 20.1. The second-order valence-corrected chi connectivity index (χ2v) is 8.58. The maximum absolute atomic E-state index is 12.4. The number of hydrogen-bond donors (Lipinski definition) is 4. The van der Waals surface area contributed by atoms with Crippen LogP contribution in [0.4, 0.5) is 27.8 Å². The lowest BCUT2D eigenvalue weighted by molar-refractivity contribution is 0.0602. The van der Waals surface area contributed by atoms with Crippen molar-refractivity contribution in [3.05, 3.63) is 41.5 Å². The van der Waals surface area contributed by atoms with E-state index < -0.39 is 12.1 Å². The van der Waals surface area contributed by atoms with Crippen LogP contribution in [0.15, 0.2) is 30.3 Å². The van der Waals surface area contributed by atoms with Crippen LogP contribution in [0.25, 0.3) is 0 Å². The van der Waals surface area contributed by atoms with Crippen LogP contribution in [0.5, 0.6) is 0 Å². The maximum atomic E-state index is 12.4. The first-order chi connectivity index (χ1) is 16.4. The lowest BCUT2D eigenvalue weighted by Gasteiger charge is -2.33. The van der Waals surface area contributed by atoms with E-state index in [2.05, 4.69) is 27.9 Å². The Kier molecular flexibility index (Phi) is 8.95. The molecule has 1 aromatic heterocycles. The Labute approximate surface area is 200 Å². The van der Waals surface area contributed by atoms with Crippen LogP contribution in [0.2, 0.25) is 0 Å². The number of methoxy groups -OCH3 is 1. The molecule has 0 radical (unpaired) electrons. The molecular formula is C25H35N5O4. The molecule has 0 aliphatic heterocycles. The van der Waals surface area contributed by atoms with E-state index in [1.54, 1.807) is 6.07 Å². The Bertz CT molecular complexity index is 997. The first kappa shape index (κ1) is 25.1. The van der Waals surface area contributed by atoms with Crippen molar-refractivity contribution in [2.24, 2.45) is 0 Å². The van der Waals surface area contributed by atoms with Crippen molar-refractivity contribution in [3.8, 4) is 0 Å². The average Bonchev–Trinajstić information content (AvgIpc) is 2.80. The minimum absolute atomic E-state index is 0.0461. The van der Waals surface area contributed by atoms with Crippen molar-refractivity contribution in [1.29, 1.82) is 0 Å². The Morgan fingerprint density at radius 2 is 1.94 bits per heavy atom. The summed E-state index contributed by atoms with van der Waals surface area (Å²) in [5.74, 6) is 0.247. The first-order valence-electron chi connectivity index (χ1n) is 11.8. The maximum Gasteiger partial charge on any atom is 0.407 e. The van der Waals surface area contributed by atoms with Crippen LogP contribution in [0.1, 0.15) is 61.4 Å². The highest BCUT2D eigenvalue weighted by Crippen LogP contribution is 2.30. The lowest BCUT2D eigenvalue weighted by atomic mass is 9.90. The first-order valence-corrected chi connectivity index (χ1v) is 11.8. The smallest absolute Gasteiger partial charge is 0.407 e. The lowest BCUT2D eigenvalue weighted by Crippen LogP contribution is -2.48. The zero-order valence-electron chi connectivity index (χ0n) is 20.1. The molecule has 0 spiro atoms. The fraction of sp³-hybridized carbons (Fsp3) is 0.480. The number of carbonyl (C=O) groups excluding carboxylic acids is 2. The molecule has 0 bridgehead atoms. The Hall–Kier alpha value is -3.49. The Morgan fingerprint density at radius 3 is 2.65 bits per heavy atom. The van der Waals surface area contributed by atoms with Gasteiger partial charge in [0.2, 0.25) is 0 Å². The van der Waals surface area contributed by atoms with Crippen LogP contribution < -0.4 is 21.7 Å². The van der Waals surface area contributed by atoms with Crippen LogP contribution in [-0.2, 0) is 9.47 Å². The van der Waals surface area contributed by atoms with Crippen LogP contribution >= 0.6 is 0 Å². The van der Waals surface area contributed by atoms with Crippen molar-refractivity contribution in [3.63, 3.8) is 0 Å². The molecule has 0 saturated heterocycles. The predicted molar refractivity (Wildman–Crippen MR) is 134 cm³/mol. The number of alkyl carbamates (subject to hydrolysis) is 1. The number of ether oxygens (including phenoxy) is 2. The molecule has 9 nitrogen and oxygen atoms in total. The van der Waals surface area contributed by atoms with Gasteiger partial charge in [0.05, 0.1) is 25.4 Å². The van der Waals surface area contributed by atoms with E-state index in [9.17, 15) is 9.59 Å². The molecule has 2 aromatic rings. The number of nitrogens with two attached hydrogens (primary N) is 1. The number of benzene rings is 1. The van der Waals surface area contributed by atoms with E-state index in [0.717, 1.165) is 49.8 Å². The number of carbonyl (C=O) groups is 2. The molecule has 184 valence electrons. The van der Waals surface area contributed by atoms with E-state index in [0.29, 0.717) is 18.2 Å². The second kappa shape index (κ2) is 12.1.